The zero-order chi connectivity index (χ0) is 15.7. The number of nitrogens with zero attached hydrogens (tertiary/aromatic N) is 3. The molecule has 1 aromatic carbocycles. The Hall–Kier alpha value is -2.52. The minimum atomic E-state index is -2.25. The van der Waals surface area contributed by atoms with E-state index in [1.54, 1.807) is 0 Å². The van der Waals surface area contributed by atoms with Crippen molar-refractivity contribution < 1.29 is 31.9 Å². The predicted molar refractivity (Wildman–Crippen MR) is 56.7 cm³/mol. The van der Waals surface area contributed by atoms with E-state index in [9.17, 15) is 26.7 Å². The Bertz CT molecular complexity index is 687. The average Bonchev–Trinajstić information content (AvgIpc) is 2.85. The molecule has 0 aliphatic heterocycles. The highest BCUT2D eigenvalue weighted by Crippen LogP contribution is 2.23. The summed E-state index contributed by atoms with van der Waals surface area (Å²) in [7, 11) is 0. The number of carboxylic acids is 1. The summed E-state index contributed by atoms with van der Waals surface area (Å²) in [6, 6.07) is 0. The molecular formula is C11H6F5N3O2. The van der Waals surface area contributed by atoms with Gasteiger partial charge in [0.15, 0.2) is 23.3 Å². The number of benzene rings is 1. The summed E-state index contributed by atoms with van der Waals surface area (Å²) in [5, 5.41) is 15.3. The first kappa shape index (κ1) is 14.9. The molecule has 5 nitrogen and oxygen atoms in total. The number of aromatic nitrogens is 3. The second-order valence-electron chi connectivity index (χ2n) is 4.03. The molecule has 0 amide bonds. The van der Waals surface area contributed by atoms with Crippen LogP contribution in [0.25, 0.3) is 0 Å². The van der Waals surface area contributed by atoms with E-state index in [1.807, 2.05) is 0 Å². The van der Waals surface area contributed by atoms with Crippen LogP contribution in [0.4, 0.5) is 22.0 Å². The average molecular weight is 307 g/mol. The van der Waals surface area contributed by atoms with Crippen LogP contribution in [0.5, 0.6) is 0 Å². The number of hydrogen-bond donors (Lipinski definition) is 1. The Morgan fingerprint density at radius 3 is 2.10 bits per heavy atom. The first-order chi connectivity index (χ1) is 9.81. The van der Waals surface area contributed by atoms with Gasteiger partial charge in [0, 0.05) is 6.20 Å². The summed E-state index contributed by atoms with van der Waals surface area (Å²) >= 11 is 0. The van der Waals surface area contributed by atoms with Gasteiger partial charge in [-0.3, -0.25) is 4.79 Å². The lowest BCUT2D eigenvalue weighted by atomic mass is 10.1. The van der Waals surface area contributed by atoms with Crippen LogP contribution in [0.15, 0.2) is 6.20 Å². The minimum Gasteiger partial charge on any atom is -0.481 e. The third kappa shape index (κ3) is 2.83. The molecule has 10 heteroatoms. The number of rotatable bonds is 4. The van der Waals surface area contributed by atoms with E-state index in [4.69, 9.17) is 5.11 Å². The summed E-state index contributed by atoms with van der Waals surface area (Å²) in [6.07, 6.45) is 0.545. The summed E-state index contributed by atoms with van der Waals surface area (Å²) in [4.78, 5) is 10.4. The number of aliphatic carboxylic acids is 1. The molecule has 0 aliphatic rings. The maximum Gasteiger partial charge on any atom is 0.309 e. The van der Waals surface area contributed by atoms with Crippen LogP contribution < -0.4 is 0 Å². The molecule has 0 spiro atoms. The topological polar surface area (TPSA) is 68.0 Å². The van der Waals surface area contributed by atoms with Crippen LogP contribution in [0.3, 0.4) is 0 Å². The zero-order valence-electron chi connectivity index (χ0n) is 10.1. The lowest BCUT2D eigenvalue weighted by Crippen LogP contribution is -2.11. The van der Waals surface area contributed by atoms with Crippen molar-refractivity contribution in [3.63, 3.8) is 0 Å². The van der Waals surface area contributed by atoms with E-state index < -0.39 is 53.6 Å². The van der Waals surface area contributed by atoms with Crippen molar-refractivity contribution in [2.24, 2.45) is 0 Å². The van der Waals surface area contributed by atoms with Crippen molar-refractivity contribution >= 4 is 5.97 Å². The number of carbonyl (C=O) groups is 1. The number of carboxylic acid groups (broad SMARTS) is 1. The summed E-state index contributed by atoms with van der Waals surface area (Å²) in [5.74, 6) is -11.5. The molecule has 0 bridgehead atoms. The third-order valence-electron chi connectivity index (χ3n) is 2.54. The molecule has 1 heterocycles. The van der Waals surface area contributed by atoms with Crippen LogP contribution in [0, 0.1) is 29.1 Å². The largest absolute Gasteiger partial charge is 0.481 e. The van der Waals surface area contributed by atoms with Crippen molar-refractivity contribution in [3.05, 3.63) is 46.5 Å². The van der Waals surface area contributed by atoms with Gasteiger partial charge in [-0.25, -0.2) is 26.6 Å². The molecule has 0 aliphatic carbocycles. The van der Waals surface area contributed by atoms with Gasteiger partial charge >= 0.3 is 5.97 Å². The van der Waals surface area contributed by atoms with Crippen LogP contribution in [-0.4, -0.2) is 26.1 Å². The molecule has 21 heavy (non-hydrogen) atoms. The fourth-order valence-corrected chi connectivity index (χ4v) is 1.60. The van der Waals surface area contributed by atoms with Crippen molar-refractivity contribution in [2.45, 2.75) is 13.0 Å². The van der Waals surface area contributed by atoms with Gasteiger partial charge in [-0.15, -0.1) is 5.10 Å². The van der Waals surface area contributed by atoms with Gasteiger partial charge in [-0.2, -0.15) is 0 Å². The lowest BCUT2D eigenvalue weighted by molar-refractivity contribution is -0.136. The minimum absolute atomic E-state index is 0.0219. The van der Waals surface area contributed by atoms with Gasteiger partial charge < -0.3 is 5.11 Å². The predicted octanol–water partition coefficient (Wildman–Crippen LogP) is 1.65. The first-order valence-electron chi connectivity index (χ1n) is 5.42. The van der Waals surface area contributed by atoms with Gasteiger partial charge in [-0.05, 0) is 0 Å². The van der Waals surface area contributed by atoms with Crippen molar-refractivity contribution in [1.82, 2.24) is 15.0 Å². The van der Waals surface area contributed by atoms with Crippen molar-refractivity contribution in [2.75, 3.05) is 0 Å². The highest BCUT2D eigenvalue weighted by atomic mass is 19.2. The van der Waals surface area contributed by atoms with Crippen LogP contribution >= 0.6 is 0 Å². The molecular weight excluding hydrogens is 301 g/mol. The van der Waals surface area contributed by atoms with E-state index >= 15 is 0 Å². The monoisotopic (exact) mass is 307 g/mol. The molecule has 2 aromatic rings. The molecule has 0 atom stereocenters. The molecule has 2 rings (SSSR count). The standard InChI is InChI=1S/C11H6F5N3O2/c12-7-5(8(13)10(15)11(16)9(7)14)3-19-2-4(17-18-19)1-6(20)21/h2H,1,3H2,(H,20,21). The SMILES string of the molecule is O=C(O)Cc1cn(Cc2c(F)c(F)c(F)c(F)c2F)nn1. The quantitative estimate of drug-likeness (QED) is 0.530. The van der Waals surface area contributed by atoms with Crippen LogP contribution in [-0.2, 0) is 17.8 Å². The Balaban J connectivity index is 2.36. The highest BCUT2D eigenvalue weighted by molar-refractivity contribution is 5.69. The molecule has 0 fully saturated rings. The second kappa shape index (κ2) is 5.46. The molecule has 0 unspecified atom stereocenters. The molecule has 0 radical (unpaired) electrons. The maximum atomic E-state index is 13.4. The van der Waals surface area contributed by atoms with Gasteiger partial charge in [0.2, 0.25) is 5.82 Å². The number of halogens is 5. The molecule has 0 saturated heterocycles. The smallest absolute Gasteiger partial charge is 0.309 e. The van der Waals surface area contributed by atoms with Crippen LogP contribution in [0.2, 0.25) is 0 Å². The molecule has 112 valence electrons. The van der Waals surface area contributed by atoms with Gasteiger partial charge in [-0.1, -0.05) is 5.21 Å². The maximum absolute atomic E-state index is 13.4. The van der Waals surface area contributed by atoms with E-state index in [0.29, 0.717) is 0 Å². The van der Waals surface area contributed by atoms with Crippen molar-refractivity contribution in [3.8, 4) is 0 Å². The van der Waals surface area contributed by atoms with Gasteiger partial charge in [0.25, 0.3) is 0 Å². The Labute approximate surface area is 113 Å². The summed E-state index contributed by atoms with van der Waals surface area (Å²) < 4.78 is 66.5. The van der Waals surface area contributed by atoms with Gasteiger partial charge in [0.1, 0.15) is 0 Å². The third-order valence-corrected chi connectivity index (χ3v) is 2.54. The second-order valence-corrected chi connectivity index (χ2v) is 4.03. The van der Waals surface area contributed by atoms with E-state index in [0.717, 1.165) is 10.9 Å². The highest BCUT2D eigenvalue weighted by Gasteiger charge is 2.26. The molecule has 1 aromatic heterocycles. The van der Waals surface area contributed by atoms with E-state index in [1.165, 1.54) is 0 Å². The molecule has 1 N–H and O–H groups in total. The van der Waals surface area contributed by atoms with E-state index in [2.05, 4.69) is 10.3 Å². The van der Waals surface area contributed by atoms with Crippen molar-refractivity contribution in [1.29, 1.82) is 0 Å². The van der Waals surface area contributed by atoms with E-state index in [-0.39, 0.29) is 5.69 Å². The van der Waals surface area contributed by atoms with Crippen LogP contribution in [0.1, 0.15) is 11.3 Å². The Morgan fingerprint density at radius 1 is 1.05 bits per heavy atom. The lowest BCUT2D eigenvalue weighted by Gasteiger charge is -2.07. The fourth-order valence-electron chi connectivity index (χ4n) is 1.60. The first-order valence-corrected chi connectivity index (χ1v) is 5.42. The zero-order valence-corrected chi connectivity index (χ0v) is 10.1. The van der Waals surface area contributed by atoms with Gasteiger partial charge in [0.05, 0.1) is 24.2 Å². The number of hydrogen-bond acceptors (Lipinski definition) is 3. The summed E-state index contributed by atoms with van der Waals surface area (Å²) in [6.45, 7) is -0.779. The summed E-state index contributed by atoms with van der Waals surface area (Å²) in [5.41, 5.74) is -1.11. The normalized spacial score (nSPS) is 10.9. The Kier molecular flexibility index (Phi) is 3.87. The fraction of sp³-hybridized carbons (Fsp3) is 0.182. The molecule has 0 saturated carbocycles. The Morgan fingerprint density at radius 2 is 1.57 bits per heavy atom.